The fourth-order valence-electron chi connectivity index (χ4n) is 3.96. The third kappa shape index (κ3) is 3.15. The second-order valence-corrected chi connectivity index (χ2v) is 8.46. The molecular formula is C22H21ClN6O. The number of anilines is 1. The van der Waals surface area contributed by atoms with Gasteiger partial charge < -0.3 is 14.6 Å². The van der Waals surface area contributed by atoms with E-state index < -0.39 is 5.54 Å². The zero-order chi connectivity index (χ0) is 20.9. The Hall–Kier alpha value is -3.19. The maximum Gasteiger partial charge on any atom is 0.227 e. The minimum absolute atomic E-state index is 0.0200. The monoisotopic (exact) mass is 420 g/mol. The molecule has 4 heterocycles. The number of aromatic nitrogens is 4. The molecule has 0 radical (unpaired) electrons. The number of halogens is 1. The van der Waals surface area contributed by atoms with Gasteiger partial charge in [0, 0.05) is 24.7 Å². The predicted octanol–water partition coefficient (Wildman–Crippen LogP) is 3.42. The van der Waals surface area contributed by atoms with Gasteiger partial charge in [-0.3, -0.25) is 4.79 Å². The number of fused-ring (bicyclic) bond motifs is 2. The Labute approximate surface area is 178 Å². The van der Waals surface area contributed by atoms with Gasteiger partial charge in [0.1, 0.15) is 11.5 Å². The van der Waals surface area contributed by atoms with Crippen molar-refractivity contribution < 1.29 is 4.79 Å². The number of imidazole rings is 1. The van der Waals surface area contributed by atoms with E-state index in [1.54, 1.807) is 0 Å². The number of nitrogens with zero attached hydrogens (tertiary/aromatic N) is 5. The van der Waals surface area contributed by atoms with Crippen LogP contribution < -0.4 is 10.2 Å². The van der Waals surface area contributed by atoms with E-state index in [4.69, 9.17) is 11.6 Å². The molecule has 3 aromatic heterocycles. The summed E-state index contributed by atoms with van der Waals surface area (Å²) in [6.07, 6.45) is 3.78. The number of carbonyl (C=O) groups excluding carboxylic acids is 1. The molecule has 0 unspecified atom stereocenters. The Balaban J connectivity index is 1.32. The highest BCUT2D eigenvalue weighted by Crippen LogP contribution is 2.31. The Morgan fingerprint density at radius 3 is 2.73 bits per heavy atom. The molecule has 0 atom stereocenters. The molecule has 0 saturated carbocycles. The smallest absolute Gasteiger partial charge is 0.227 e. The first-order valence-corrected chi connectivity index (χ1v) is 10.2. The molecule has 1 aliphatic heterocycles. The van der Waals surface area contributed by atoms with E-state index in [0.29, 0.717) is 13.1 Å². The highest BCUT2D eigenvalue weighted by molar-refractivity contribution is 6.28. The van der Waals surface area contributed by atoms with E-state index in [-0.39, 0.29) is 17.1 Å². The molecule has 7 nitrogen and oxygen atoms in total. The molecule has 1 N–H and O–H groups in total. The van der Waals surface area contributed by atoms with Gasteiger partial charge >= 0.3 is 0 Å². The lowest BCUT2D eigenvalue weighted by atomic mass is 9.95. The second-order valence-electron chi connectivity index (χ2n) is 8.12. The first kappa shape index (κ1) is 18.8. The van der Waals surface area contributed by atoms with Crippen LogP contribution in [0.3, 0.4) is 0 Å². The zero-order valence-corrected chi connectivity index (χ0v) is 17.5. The Morgan fingerprint density at radius 1 is 1.13 bits per heavy atom. The summed E-state index contributed by atoms with van der Waals surface area (Å²) in [4.78, 5) is 28.1. The average Bonchev–Trinajstić information content (AvgIpc) is 3.11. The summed E-state index contributed by atoms with van der Waals surface area (Å²) in [5, 5.41) is 4.34. The highest BCUT2D eigenvalue weighted by Gasteiger charge is 2.37. The van der Waals surface area contributed by atoms with E-state index in [9.17, 15) is 4.79 Å². The van der Waals surface area contributed by atoms with Crippen molar-refractivity contribution in [3.05, 3.63) is 65.8 Å². The summed E-state index contributed by atoms with van der Waals surface area (Å²) in [5.74, 6) is 0.679. The Bertz CT molecular complexity index is 1260. The molecule has 0 aliphatic carbocycles. The minimum atomic E-state index is -0.552. The maximum absolute atomic E-state index is 13.0. The van der Waals surface area contributed by atoms with Crippen molar-refractivity contribution in [3.63, 3.8) is 0 Å². The first-order chi connectivity index (χ1) is 14.4. The van der Waals surface area contributed by atoms with Gasteiger partial charge in [0.2, 0.25) is 11.2 Å². The van der Waals surface area contributed by atoms with Gasteiger partial charge in [-0.1, -0.05) is 18.2 Å². The third-order valence-corrected chi connectivity index (χ3v) is 5.77. The standard InChI is InChI=1S/C22H21ClN6O/c1-22(2,17-11-24-18-9-5-6-10-29(17)18)27-20(30)14-12-28(13-14)19-15-7-3-4-8-16(15)25-21(23)26-19/h3-11,14H,12-13H2,1-2H3,(H,27,30). The van der Waals surface area contributed by atoms with Gasteiger partial charge in [0.05, 0.1) is 28.9 Å². The van der Waals surface area contributed by atoms with E-state index in [1.807, 2.05) is 73.1 Å². The first-order valence-electron chi connectivity index (χ1n) is 9.84. The molecule has 0 spiro atoms. The number of rotatable bonds is 4. The van der Waals surface area contributed by atoms with Crippen molar-refractivity contribution in [2.24, 2.45) is 5.92 Å². The number of benzene rings is 1. The van der Waals surface area contributed by atoms with Crippen LogP contribution in [-0.2, 0) is 10.3 Å². The number of hydrogen-bond acceptors (Lipinski definition) is 5. The molecule has 4 aromatic rings. The number of pyridine rings is 1. The number of nitrogens with one attached hydrogen (secondary N) is 1. The lowest BCUT2D eigenvalue weighted by Crippen LogP contribution is -2.57. The van der Waals surface area contributed by atoms with Crippen LogP contribution in [-0.4, -0.2) is 38.3 Å². The molecule has 1 fully saturated rings. The predicted molar refractivity (Wildman–Crippen MR) is 117 cm³/mol. The third-order valence-electron chi connectivity index (χ3n) is 5.60. The normalized spacial score (nSPS) is 14.8. The molecule has 1 aliphatic rings. The fourth-order valence-corrected chi connectivity index (χ4v) is 4.13. The summed E-state index contributed by atoms with van der Waals surface area (Å²) in [6.45, 7) is 5.17. The second kappa shape index (κ2) is 6.95. The summed E-state index contributed by atoms with van der Waals surface area (Å²) in [6, 6.07) is 13.6. The lowest BCUT2D eigenvalue weighted by molar-refractivity contribution is -0.127. The Morgan fingerprint density at radius 2 is 1.90 bits per heavy atom. The van der Waals surface area contributed by atoms with Crippen LogP contribution in [0.5, 0.6) is 0 Å². The minimum Gasteiger partial charge on any atom is -0.354 e. The number of para-hydroxylation sites is 1. The van der Waals surface area contributed by atoms with Crippen LogP contribution in [0.25, 0.3) is 16.6 Å². The average molecular weight is 421 g/mol. The van der Waals surface area contributed by atoms with Gasteiger partial charge in [-0.15, -0.1) is 0 Å². The summed E-state index contributed by atoms with van der Waals surface area (Å²) < 4.78 is 2.00. The van der Waals surface area contributed by atoms with Gasteiger partial charge in [0.15, 0.2) is 0 Å². The van der Waals surface area contributed by atoms with Crippen LogP contribution in [0.1, 0.15) is 19.5 Å². The van der Waals surface area contributed by atoms with Gasteiger partial charge in [0.25, 0.3) is 0 Å². The molecule has 5 rings (SSSR count). The van der Waals surface area contributed by atoms with Gasteiger partial charge in [-0.25, -0.2) is 9.97 Å². The molecule has 1 amide bonds. The molecule has 0 bridgehead atoms. The highest BCUT2D eigenvalue weighted by atomic mass is 35.5. The molecule has 30 heavy (non-hydrogen) atoms. The summed E-state index contributed by atoms with van der Waals surface area (Å²) >= 11 is 6.10. The van der Waals surface area contributed by atoms with Crippen molar-refractivity contribution in [2.45, 2.75) is 19.4 Å². The molecule has 152 valence electrons. The number of amides is 1. The van der Waals surface area contributed by atoms with Gasteiger partial charge in [-0.05, 0) is 49.7 Å². The van der Waals surface area contributed by atoms with Crippen LogP contribution >= 0.6 is 11.6 Å². The summed E-state index contributed by atoms with van der Waals surface area (Å²) in [5.41, 5.74) is 2.05. The van der Waals surface area contributed by atoms with Crippen LogP contribution in [0, 0.1) is 5.92 Å². The number of carbonyl (C=O) groups is 1. The van der Waals surface area contributed by atoms with Crippen LogP contribution in [0.15, 0.2) is 54.9 Å². The summed E-state index contributed by atoms with van der Waals surface area (Å²) in [7, 11) is 0. The van der Waals surface area contributed by atoms with E-state index in [0.717, 1.165) is 28.1 Å². The number of hydrogen-bond donors (Lipinski definition) is 1. The SMILES string of the molecule is CC(C)(NC(=O)C1CN(c2nc(Cl)nc3ccccc23)C1)c1cnc2ccccn12. The largest absolute Gasteiger partial charge is 0.354 e. The van der Waals surface area contributed by atoms with Crippen molar-refractivity contribution in [1.82, 2.24) is 24.7 Å². The van der Waals surface area contributed by atoms with Crippen LogP contribution in [0.4, 0.5) is 5.82 Å². The Kier molecular flexibility index (Phi) is 4.36. The molecular weight excluding hydrogens is 400 g/mol. The van der Waals surface area contributed by atoms with Crippen molar-refractivity contribution in [3.8, 4) is 0 Å². The van der Waals surface area contributed by atoms with Crippen molar-refractivity contribution in [1.29, 1.82) is 0 Å². The van der Waals surface area contributed by atoms with Crippen LogP contribution in [0.2, 0.25) is 5.28 Å². The molecule has 1 aromatic carbocycles. The van der Waals surface area contributed by atoms with E-state index in [2.05, 4.69) is 25.2 Å². The zero-order valence-electron chi connectivity index (χ0n) is 16.7. The topological polar surface area (TPSA) is 75.4 Å². The van der Waals surface area contributed by atoms with Gasteiger partial charge in [-0.2, -0.15) is 4.98 Å². The van der Waals surface area contributed by atoms with Crippen molar-refractivity contribution in [2.75, 3.05) is 18.0 Å². The quantitative estimate of drug-likeness (QED) is 0.512. The lowest BCUT2D eigenvalue weighted by Gasteiger charge is -2.41. The van der Waals surface area contributed by atoms with Crippen molar-refractivity contribution >= 4 is 39.9 Å². The molecule has 8 heteroatoms. The fraction of sp³-hybridized carbons (Fsp3) is 0.273. The maximum atomic E-state index is 13.0. The van der Waals surface area contributed by atoms with E-state index >= 15 is 0 Å². The molecule has 1 saturated heterocycles. The van der Waals surface area contributed by atoms with E-state index in [1.165, 1.54) is 0 Å².